The minimum Gasteiger partial charge on any atom is -0.367 e. The molecule has 0 aliphatic heterocycles. The van der Waals surface area contributed by atoms with Crippen LogP contribution >= 0.6 is 38.9 Å². The molecule has 0 amide bonds. The van der Waals surface area contributed by atoms with E-state index < -0.39 is 5.82 Å². The maximum Gasteiger partial charge on any atom is 0.230 e. The lowest BCUT2D eigenvalue weighted by molar-refractivity contribution is 0.439. The van der Waals surface area contributed by atoms with Crippen LogP contribution in [-0.4, -0.2) is 5.16 Å². The van der Waals surface area contributed by atoms with Gasteiger partial charge in [-0.2, -0.15) is 0 Å². The third-order valence-electron chi connectivity index (χ3n) is 2.73. The van der Waals surface area contributed by atoms with Crippen molar-refractivity contribution >= 4 is 44.8 Å². The summed E-state index contributed by atoms with van der Waals surface area (Å²) in [6.07, 6.45) is 0. The molecule has 0 aliphatic carbocycles. The third-order valence-corrected chi connectivity index (χ3v) is 4.67. The van der Waals surface area contributed by atoms with Crippen LogP contribution in [-0.2, 0) is 0 Å². The van der Waals surface area contributed by atoms with E-state index in [0.717, 1.165) is 8.66 Å². The number of nitrogens with two attached hydrogens (primary N) is 1. The molecule has 0 saturated heterocycles. The largest absolute Gasteiger partial charge is 0.367 e. The molecule has 3 aromatic rings. The molecule has 0 spiro atoms. The Morgan fingerprint density at radius 1 is 1.30 bits per heavy atom. The molecule has 0 radical (unpaired) electrons. The molecule has 0 fully saturated rings. The van der Waals surface area contributed by atoms with E-state index in [9.17, 15) is 4.39 Å². The summed E-state index contributed by atoms with van der Waals surface area (Å²) in [4.78, 5) is 0.882. The van der Waals surface area contributed by atoms with Gasteiger partial charge in [-0.3, -0.25) is 0 Å². The number of hydrogen-bond acceptors (Lipinski definition) is 4. The molecule has 3 nitrogen and oxygen atoms in total. The molecule has 102 valence electrons. The van der Waals surface area contributed by atoms with Gasteiger partial charge in [0.25, 0.3) is 0 Å². The Labute approximate surface area is 131 Å². The molecule has 0 atom stereocenters. The van der Waals surface area contributed by atoms with E-state index in [4.69, 9.17) is 21.9 Å². The van der Waals surface area contributed by atoms with Crippen molar-refractivity contribution in [2.75, 3.05) is 5.73 Å². The fourth-order valence-electron chi connectivity index (χ4n) is 1.87. The van der Waals surface area contributed by atoms with Crippen molar-refractivity contribution in [3.63, 3.8) is 0 Å². The van der Waals surface area contributed by atoms with E-state index in [2.05, 4.69) is 21.1 Å². The monoisotopic (exact) mass is 372 g/mol. The highest BCUT2D eigenvalue weighted by Crippen LogP contribution is 2.42. The highest BCUT2D eigenvalue weighted by molar-refractivity contribution is 9.11. The topological polar surface area (TPSA) is 52.0 Å². The minimum atomic E-state index is -0.408. The number of hydrogen-bond donors (Lipinski definition) is 1. The number of aromatic nitrogens is 1. The Kier molecular flexibility index (Phi) is 3.54. The van der Waals surface area contributed by atoms with Gasteiger partial charge in [0.2, 0.25) is 5.88 Å². The van der Waals surface area contributed by atoms with E-state index in [1.165, 1.54) is 23.5 Å². The Balaban J connectivity index is 2.21. The van der Waals surface area contributed by atoms with Crippen LogP contribution in [0, 0.1) is 5.82 Å². The van der Waals surface area contributed by atoms with Crippen molar-refractivity contribution in [3.05, 3.63) is 45.0 Å². The van der Waals surface area contributed by atoms with Crippen LogP contribution in [0.4, 0.5) is 10.3 Å². The van der Waals surface area contributed by atoms with Gasteiger partial charge in [0, 0.05) is 5.56 Å². The first-order valence-electron chi connectivity index (χ1n) is 5.52. The second-order valence-electron chi connectivity index (χ2n) is 4.00. The van der Waals surface area contributed by atoms with Crippen LogP contribution in [0.1, 0.15) is 0 Å². The van der Waals surface area contributed by atoms with Crippen LogP contribution in [0.3, 0.4) is 0 Å². The Morgan fingerprint density at radius 2 is 2.10 bits per heavy atom. The molecule has 0 bridgehead atoms. The van der Waals surface area contributed by atoms with Crippen molar-refractivity contribution < 1.29 is 8.91 Å². The van der Waals surface area contributed by atoms with Gasteiger partial charge in [-0.1, -0.05) is 16.8 Å². The first-order chi connectivity index (χ1) is 9.56. The van der Waals surface area contributed by atoms with Gasteiger partial charge in [-0.15, -0.1) is 11.3 Å². The second kappa shape index (κ2) is 5.20. The molecule has 20 heavy (non-hydrogen) atoms. The smallest absolute Gasteiger partial charge is 0.230 e. The predicted octanol–water partition coefficient (Wildman–Crippen LogP) is 5.21. The van der Waals surface area contributed by atoms with Gasteiger partial charge in [-0.25, -0.2) is 4.39 Å². The lowest BCUT2D eigenvalue weighted by Crippen LogP contribution is -1.88. The number of benzene rings is 1. The van der Waals surface area contributed by atoms with E-state index in [1.807, 2.05) is 12.1 Å². The molecular formula is C13H7BrClFN2OS. The molecule has 0 unspecified atom stereocenters. The van der Waals surface area contributed by atoms with E-state index >= 15 is 0 Å². The average Bonchev–Trinajstić information content (AvgIpc) is 2.96. The fraction of sp³-hybridized carbons (Fsp3) is 0. The summed E-state index contributed by atoms with van der Waals surface area (Å²) in [5, 5.41) is 4.24. The lowest BCUT2D eigenvalue weighted by atomic mass is 10.0. The zero-order valence-electron chi connectivity index (χ0n) is 9.86. The molecule has 3 rings (SSSR count). The quantitative estimate of drug-likeness (QED) is 0.671. The number of nitrogens with zero attached hydrogens (tertiary/aromatic N) is 1. The summed E-state index contributed by atoms with van der Waals surface area (Å²) in [6, 6.07) is 7.92. The number of nitrogen functional groups attached to an aromatic ring is 1. The van der Waals surface area contributed by atoms with Crippen molar-refractivity contribution in [1.29, 1.82) is 0 Å². The summed E-state index contributed by atoms with van der Waals surface area (Å²) in [6.45, 7) is 0. The zero-order chi connectivity index (χ0) is 14.3. The molecule has 2 heterocycles. The maximum absolute atomic E-state index is 13.2. The van der Waals surface area contributed by atoms with Gasteiger partial charge in [0.15, 0.2) is 0 Å². The van der Waals surface area contributed by atoms with Crippen LogP contribution in [0.2, 0.25) is 5.02 Å². The van der Waals surface area contributed by atoms with Gasteiger partial charge in [-0.05, 0) is 46.3 Å². The van der Waals surface area contributed by atoms with Gasteiger partial charge in [0.1, 0.15) is 11.5 Å². The molecule has 7 heteroatoms. The van der Waals surface area contributed by atoms with Crippen molar-refractivity contribution in [1.82, 2.24) is 5.16 Å². The van der Waals surface area contributed by atoms with Crippen LogP contribution in [0.15, 0.2) is 38.6 Å². The number of anilines is 1. The summed E-state index contributed by atoms with van der Waals surface area (Å²) in [5.74, 6) is -0.257. The lowest BCUT2D eigenvalue weighted by Gasteiger charge is -2.04. The minimum absolute atomic E-state index is 0.151. The van der Waals surface area contributed by atoms with Crippen LogP contribution in [0.25, 0.3) is 21.7 Å². The number of halogens is 3. The van der Waals surface area contributed by atoms with Crippen LogP contribution in [0.5, 0.6) is 0 Å². The Bertz CT molecular complexity index is 787. The van der Waals surface area contributed by atoms with E-state index in [0.29, 0.717) is 16.8 Å². The second-order valence-corrected chi connectivity index (χ2v) is 6.87. The molecule has 0 saturated carbocycles. The maximum atomic E-state index is 13.2. The van der Waals surface area contributed by atoms with Gasteiger partial charge in [0.05, 0.1) is 19.2 Å². The fourth-order valence-corrected chi connectivity index (χ4v) is 3.50. The molecule has 2 N–H and O–H groups in total. The molecule has 2 aromatic heterocycles. The van der Waals surface area contributed by atoms with E-state index in [-0.39, 0.29) is 10.9 Å². The summed E-state index contributed by atoms with van der Waals surface area (Å²) in [5.41, 5.74) is 7.59. The standard InChI is InChI=1S/C13H7BrClFN2OS/c14-10-4-3-9(20-10)12-11(13(17)19-18-12)7-2-1-6(16)5-8(7)15/h1-5H,17H2. The normalized spacial score (nSPS) is 10.9. The summed E-state index contributed by atoms with van der Waals surface area (Å²) in [7, 11) is 0. The van der Waals surface area contributed by atoms with Crippen molar-refractivity contribution in [2.24, 2.45) is 0 Å². The number of rotatable bonds is 2. The first-order valence-corrected chi connectivity index (χ1v) is 7.51. The summed E-state index contributed by atoms with van der Waals surface area (Å²) >= 11 is 11.0. The zero-order valence-corrected chi connectivity index (χ0v) is 13.0. The Morgan fingerprint density at radius 3 is 2.75 bits per heavy atom. The third kappa shape index (κ3) is 2.34. The molecule has 1 aromatic carbocycles. The molecular weight excluding hydrogens is 367 g/mol. The first kappa shape index (κ1) is 13.6. The SMILES string of the molecule is Nc1onc(-c2ccc(Br)s2)c1-c1ccc(F)cc1Cl. The van der Waals surface area contributed by atoms with Crippen molar-refractivity contribution in [3.8, 4) is 21.7 Å². The van der Waals surface area contributed by atoms with E-state index in [1.54, 1.807) is 6.07 Å². The Hall–Kier alpha value is -1.37. The molecule has 0 aliphatic rings. The number of thiophene rings is 1. The average molecular weight is 374 g/mol. The highest BCUT2D eigenvalue weighted by atomic mass is 79.9. The highest BCUT2D eigenvalue weighted by Gasteiger charge is 2.21. The van der Waals surface area contributed by atoms with Crippen LogP contribution < -0.4 is 5.73 Å². The van der Waals surface area contributed by atoms with Gasteiger partial charge >= 0.3 is 0 Å². The summed E-state index contributed by atoms with van der Waals surface area (Å²) < 4.78 is 19.2. The predicted molar refractivity (Wildman–Crippen MR) is 82.3 cm³/mol. The van der Waals surface area contributed by atoms with Gasteiger partial charge < -0.3 is 10.3 Å². The van der Waals surface area contributed by atoms with Crippen molar-refractivity contribution in [2.45, 2.75) is 0 Å².